The van der Waals surface area contributed by atoms with Crippen LogP contribution in [0.15, 0.2) is 48.0 Å². The van der Waals surface area contributed by atoms with E-state index in [4.69, 9.17) is 32.5 Å². The second-order valence-corrected chi connectivity index (χ2v) is 12.5. The molecule has 12 heteroatoms. The van der Waals surface area contributed by atoms with E-state index in [1.165, 1.54) is 35.7 Å². The lowest BCUT2D eigenvalue weighted by molar-refractivity contribution is -0.159. The molecule has 2 atom stereocenters. The van der Waals surface area contributed by atoms with Crippen molar-refractivity contribution in [2.45, 2.75) is 26.4 Å². The number of benzene rings is 2. The van der Waals surface area contributed by atoms with Crippen molar-refractivity contribution in [3.8, 4) is 0 Å². The molecule has 2 aromatic carbocycles. The zero-order chi connectivity index (χ0) is 26.7. The fourth-order valence-corrected chi connectivity index (χ4v) is 5.87. The monoisotopic (exact) mass is 573 g/mol. The lowest BCUT2D eigenvalue weighted by atomic mass is 9.98. The van der Waals surface area contributed by atoms with Crippen LogP contribution in [0.5, 0.6) is 0 Å². The van der Waals surface area contributed by atoms with E-state index in [9.17, 15) is 23.4 Å². The van der Waals surface area contributed by atoms with Crippen LogP contribution in [-0.2, 0) is 23.4 Å². The number of nitrogens with one attached hydrogen (secondary N) is 1. The fraction of sp³-hybridized carbons (Fsp3) is 0.250. The Morgan fingerprint density at radius 3 is 2.58 bits per heavy atom. The van der Waals surface area contributed by atoms with Gasteiger partial charge >= 0.3 is 13.6 Å². The van der Waals surface area contributed by atoms with Gasteiger partial charge in [-0.05, 0) is 85.1 Å². The Morgan fingerprint density at radius 2 is 1.92 bits per heavy atom. The molecule has 1 amide bonds. The molecule has 1 aromatic heterocycles. The van der Waals surface area contributed by atoms with E-state index in [1.807, 2.05) is 0 Å². The van der Waals surface area contributed by atoms with Crippen LogP contribution < -0.4 is 5.32 Å². The molecule has 1 heterocycles. The number of rotatable bonds is 8. The first-order valence-electron chi connectivity index (χ1n) is 10.5. The maximum Gasteiger partial charge on any atom is 0.347 e. The lowest BCUT2D eigenvalue weighted by Gasteiger charge is -2.22. The molecule has 0 fully saturated rings. The van der Waals surface area contributed by atoms with Gasteiger partial charge in [0.25, 0.3) is 0 Å². The quantitative estimate of drug-likeness (QED) is 0.172. The number of ether oxygens (including phenoxy) is 1. The Morgan fingerprint density at radius 1 is 1.19 bits per heavy atom. The van der Waals surface area contributed by atoms with Crippen molar-refractivity contribution in [3.63, 3.8) is 0 Å². The molecule has 0 aliphatic rings. The molecule has 2 N–H and O–H groups in total. The average Bonchev–Trinajstić information content (AvgIpc) is 3.14. The molecule has 0 saturated heterocycles. The number of hydrogen-bond donors (Lipinski definition) is 2. The highest BCUT2D eigenvalue weighted by Crippen LogP contribution is 2.58. The summed E-state index contributed by atoms with van der Waals surface area (Å²) in [7, 11) is -4.74. The van der Waals surface area contributed by atoms with Crippen LogP contribution in [0, 0.1) is 11.2 Å². The Bertz CT molecular complexity index is 1350. The highest BCUT2D eigenvalue weighted by Gasteiger charge is 2.42. The number of hydrogen-bond acceptors (Lipinski definition) is 6. The van der Waals surface area contributed by atoms with E-state index in [0.717, 1.165) is 10.8 Å². The van der Waals surface area contributed by atoms with Crippen molar-refractivity contribution in [1.29, 1.82) is 0 Å². The second kappa shape index (κ2) is 11.4. The fourth-order valence-electron chi connectivity index (χ4n) is 3.11. The number of fused-ring (bicyclic) bond motifs is 1. The van der Waals surface area contributed by atoms with Gasteiger partial charge < -0.3 is 14.9 Å². The maximum absolute atomic E-state index is 13.6. The van der Waals surface area contributed by atoms with E-state index in [0.29, 0.717) is 16.0 Å². The highest BCUT2D eigenvalue weighted by molar-refractivity contribution is 7.54. The predicted octanol–water partition coefficient (Wildman–Crippen LogP) is 6.92. The molecule has 0 bridgehead atoms. The lowest BCUT2D eigenvalue weighted by Crippen LogP contribution is -2.27. The third-order valence-corrected chi connectivity index (χ3v) is 7.94. The summed E-state index contributed by atoms with van der Waals surface area (Å²) in [6.45, 7) is 4.02. The normalized spacial score (nSPS) is 14.5. The van der Waals surface area contributed by atoms with E-state index in [2.05, 4.69) is 5.32 Å². The number of carbonyl (C=O) groups excluding carboxylic acids is 2. The maximum atomic E-state index is 13.6. The van der Waals surface area contributed by atoms with Gasteiger partial charge in [-0.15, -0.1) is 11.3 Å². The SMILES string of the molecule is CC(C)(C)C(=O)OCOP(=O)(O)C(C(=O)NC=Cc1cc(F)cc(Cl)c1)c1csc2ccc(Cl)cc12. The van der Waals surface area contributed by atoms with E-state index in [1.54, 1.807) is 44.4 Å². The molecule has 7 nitrogen and oxygen atoms in total. The van der Waals surface area contributed by atoms with Crippen LogP contribution in [0.25, 0.3) is 16.2 Å². The van der Waals surface area contributed by atoms with Crippen LogP contribution >= 0.6 is 42.1 Å². The first kappa shape index (κ1) is 28.3. The third kappa shape index (κ3) is 7.16. The largest absolute Gasteiger partial charge is 0.438 e. The van der Waals surface area contributed by atoms with Crippen LogP contribution in [0.3, 0.4) is 0 Å². The van der Waals surface area contributed by atoms with Crippen LogP contribution in [-0.4, -0.2) is 23.6 Å². The zero-order valence-electron chi connectivity index (χ0n) is 19.5. The van der Waals surface area contributed by atoms with Gasteiger partial charge in [-0.2, -0.15) is 0 Å². The summed E-state index contributed by atoms with van der Waals surface area (Å²) in [5, 5.41) is 5.03. The number of esters is 1. The summed E-state index contributed by atoms with van der Waals surface area (Å²) in [5.74, 6) is -2.08. The average molecular weight is 574 g/mol. The molecular weight excluding hydrogens is 551 g/mol. The van der Waals surface area contributed by atoms with Gasteiger partial charge in [0.2, 0.25) is 12.7 Å². The van der Waals surface area contributed by atoms with Crippen molar-refractivity contribution in [1.82, 2.24) is 5.32 Å². The van der Waals surface area contributed by atoms with Gasteiger partial charge in [0, 0.05) is 20.9 Å². The smallest absolute Gasteiger partial charge is 0.347 e. The Labute approximate surface area is 221 Å². The van der Waals surface area contributed by atoms with Crippen LogP contribution in [0.4, 0.5) is 4.39 Å². The van der Waals surface area contributed by atoms with E-state index in [-0.39, 0.29) is 10.6 Å². The third-order valence-electron chi connectivity index (χ3n) is 4.86. The number of carbonyl (C=O) groups is 2. The van der Waals surface area contributed by atoms with E-state index < -0.39 is 43.2 Å². The van der Waals surface area contributed by atoms with Crippen LogP contribution in [0.1, 0.15) is 37.6 Å². The van der Waals surface area contributed by atoms with Crippen LogP contribution in [0.2, 0.25) is 10.0 Å². The first-order chi connectivity index (χ1) is 16.8. The predicted molar refractivity (Wildman–Crippen MR) is 139 cm³/mol. The van der Waals surface area contributed by atoms with Crippen molar-refractivity contribution in [2.75, 3.05) is 6.79 Å². The Kier molecular flexibility index (Phi) is 8.98. The topological polar surface area (TPSA) is 102 Å². The summed E-state index contributed by atoms with van der Waals surface area (Å²) < 4.78 is 37.6. The molecular formula is C24H23Cl2FNO6PS. The molecule has 3 aromatic rings. The minimum absolute atomic E-state index is 0.165. The summed E-state index contributed by atoms with van der Waals surface area (Å²) in [6, 6.07) is 8.77. The van der Waals surface area contributed by atoms with Crippen molar-refractivity contribution in [3.05, 3.63) is 75.0 Å². The summed E-state index contributed by atoms with van der Waals surface area (Å²) in [4.78, 5) is 36.0. The summed E-state index contributed by atoms with van der Waals surface area (Å²) in [6.07, 6.45) is 2.57. The van der Waals surface area contributed by atoms with Crippen molar-refractivity contribution < 1.29 is 32.7 Å². The minimum atomic E-state index is -4.74. The standard InChI is InChI=1S/C24H23Cl2FNO6PS/c1-24(2,3)23(30)33-13-34-35(31,32)21(19-12-36-20-5-4-15(25)11-18(19)20)22(29)28-7-6-14-8-16(26)10-17(27)9-14/h4-12,21H,13H2,1-3H3,(H,28,29)(H,31,32). The molecule has 0 spiro atoms. The molecule has 0 radical (unpaired) electrons. The number of thiophene rings is 1. The van der Waals surface area contributed by atoms with E-state index >= 15 is 0 Å². The number of halogens is 3. The highest BCUT2D eigenvalue weighted by atomic mass is 35.5. The molecule has 192 valence electrons. The second-order valence-electron chi connectivity index (χ2n) is 8.77. The van der Waals surface area contributed by atoms with Crippen molar-refractivity contribution >= 4 is 70.2 Å². The van der Waals surface area contributed by atoms with Gasteiger partial charge in [-0.3, -0.25) is 18.7 Å². The molecule has 0 saturated carbocycles. The van der Waals surface area contributed by atoms with Gasteiger partial charge in [0.15, 0.2) is 5.66 Å². The Hall–Kier alpha value is -2.26. The molecule has 2 unspecified atom stereocenters. The molecule has 3 rings (SSSR count). The minimum Gasteiger partial charge on any atom is -0.438 e. The van der Waals surface area contributed by atoms with Crippen molar-refractivity contribution in [2.24, 2.45) is 5.41 Å². The van der Waals surface area contributed by atoms with Gasteiger partial charge in [-0.25, -0.2) is 4.39 Å². The zero-order valence-corrected chi connectivity index (χ0v) is 22.7. The summed E-state index contributed by atoms with van der Waals surface area (Å²) >= 11 is 13.2. The van der Waals surface area contributed by atoms with Gasteiger partial charge in [-0.1, -0.05) is 23.2 Å². The molecule has 0 aliphatic heterocycles. The summed E-state index contributed by atoms with van der Waals surface area (Å²) in [5.41, 5.74) is -1.96. The Balaban J connectivity index is 1.90. The van der Waals surface area contributed by atoms with Gasteiger partial charge in [0.05, 0.1) is 5.41 Å². The molecule has 0 aliphatic carbocycles. The molecule has 36 heavy (non-hydrogen) atoms. The first-order valence-corrected chi connectivity index (χ1v) is 13.8. The number of amides is 1. The van der Waals surface area contributed by atoms with Gasteiger partial charge in [0.1, 0.15) is 5.82 Å².